The summed E-state index contributed by atoms with van der Waals surface area (Å²) in [6.07, 6.45) is 0. The SMILES string of the molecule is O=C(O)CSc1nnnn1-c1c(Br)cc(Br)cc1Br. The maximum absolute atomic E-state index is 10.6. The van der Waals surface area contributed by atoms with Crippen molar-refractivity contribution >= 4 is 65.5 Å². The van der Waals surface area contributed by atoms with Gasteiger partial charge in [-0.3, -0.25) is 4.79 Å². The number of carboxylic acids is 1. The lowest BCUT2D eigenvalue weighted by Crippen LogP contribution is -2.04. The summed E-state index contributed by atoms with van der Waals surface area (Å²) in [6.45, 7) is 0. The Balaban J connectivity index is 2.43. The number of hydrogen-bond acceptors (Lipinski definition) is 5. The molecule has 0 aliphatic carbocycles. The highest BCUT2D eigenvalue weighted by Gasteiger charge is 2.16. The number of carboxylic acid groups (broad SMARTS) is 1. The lowest BCUT2D eigenvalue weighted by atomic mass is 10.3. The number of hydrogen-bond donors (Lipinski definition) is 1. The Hall–Kier alpha value is -0.450. The van der Waals surface area contributed by atoms with Gasteiger partial charge in [-0.1, -0.05) is 27.7 Å². The lowest BCUT2D eigenvalue weighted by Gasteiger charge is -2.09. The van der Waals surface area contributed by atoms with E-state index in [0.29, 0.717) is 10.8 Å². The summed E-state index contributed by atoms with van der Waals surface area (Å²) in [5, 5.41) is 20.4. The molecule has 100 valence electrons. The number of tetrazole rings is 1. The Kier molecular flexibility index (Phi) is 4.98. The van der Waals surface area contributed by atoms with Gasteiger partial charge in [-0.25, -0.2) is 0 Å². The molecule has 0 atom stereocenters. The van der Waals surface area contributed by atoms with E-state index >= 15 is 0 Å². The molecule has 0 saturated carbocycles. The van der Waals surface area contributed by atoms with E-state index < -0.39 is 5.97 Å². The van der Waals surface area contributed by atoms with Gasteiger partial charge in [0.15, 0.2) is 0 Å². The molecule has 0 radical (unpaired) electrons. The third-order valence-electron chi connectivity index (χ3n) is 1.96. The van der Waals surface area contributed by atoms with Gasteiger partial charge in [0.05, 0.1) is 11.4 Å². The Morgan fingerprint density at radius 1 is 1.32 bits per heavy atom. The molecule has 0 saturated heterocycles. The van der Waals surface area contributed by atoms with Crippen molar-refractivity contribution in [1.82, 2.24) is 20.2 Å². The van der Waals surface area contributed by atoms with Gasteiger partial charge in [0.25, 0.3) is 0 Å². The van der Waals surface area contributed by atoms with Crippen LogP contribution in [0.25, 0.3) is 5.69 Å². The first-order valence-corrected chi connectivity index (χ1v) is 8.13. The van der Waals surface area contributed by atoms with Crippen molar-refractivity contribution < 1.29 is 9.90 Å². The van der Waals surface area contributed by atoms with Gasteiger partial charge in [-0.05, 0) is 54.4 Å². The molecular weight excluding hydrogens is 468 g/mol. The van der Waals surface area contributed by atoms with Crippen molar-refractivity contribution in [3.8, 4) is 5.69 Å². The largest absolute Gasteiger partial charge is 0.481 e. The summed E-state index contributed by atoms with van der Waals surface area (Å²) in [4.78, 5) is 10.6. The van der Waals surface area contributed by atoms with Gasteiger partial charge in [0.2, 0.25) is 5.16 Å². The van der Waals surface area contributed by atoms with E-state index in [4.69, 9.17) is 5.11 Å². The standard InChI is InChI=1S/C9H5Br3N4O2S/c10-4-1-5(11)8(6(12)2-4)16-9(13-14-15-16)19-3-7(17)18/h1-2H,3H2,(H,17,18). The molecule has 0 aliphatic rings. The van der Waals surface area contributed by atoms with Crippen LogP contribution in [0.1, 0.15) is 0 Å². The average molecular weight is 473 g/mol. The van der Waals surface area contributed by atoms with Crippen molar-refractivity contribution in [2.24, 2.45) is 0 Å². The van der Waals surface area contributed by atoms with Crippen LogP contribution in [0.3, 0.4) is 0 Å². The molecule has 0 amide bonds. The predicted octanol–water partition coefficient (Wildman–Crippen LogP) is 3.13. The third kappa shape index (κ3) is 3.56. The predicted molar refractivity (Wildman–Crippen MR) is 80.6 cm³/mol. The number of thioether (sulfide) groups is 1. The zero-order chi connectivity index (χ0) is 14.0. The normalized spacial score (nSPS) is 10.7. The van der Waals surface area contributed by atoms with Crippen LogP contribution in [0.5, 0.6) is 0 Å². The minimum Gasteiger partial charge on any atom is -0.481 e. The van der Waals surface area contributed by atoms with Crippen molar-refractivity contribution in [3.05, 3.63) is 25.6 Å². The summed E-state index contributed by atoms with van der Waals surface area (Å²) < 4.78 is 3.92. The number of carbonyl (C=O) groups is 1. The van der Waals surface area contributed by atoms with Crippen molar-refractivity contribution in [1.29, 1.82) is 0 Å². The quantitative estimate of drug-likeness (QED) is 0.689. The molecule has 0 unspecified atom stereocenters. The summed E-state index contributed by atoms with van der Waals surface area (Å²) in [6, 6.07) is 3.71. The van der Waals surface area contributed by atoms with Crippen LogP contribution in [0.4, 0.5) is 0 Å². The van der Waals surface area contributed by atoms with E-state index in [-0.39, 0.29) is 5.75 Å². The smallest absolute Gasteiger partial charge is 0.313 e. The summed E-state index contributed by atoms with van der Waals surface area (Å²) >= 11 is 11.3. The number of aromatic nitrogens is 4. The van der Waals surface area contributed by atoms with Crippen molar-refractivity contribution in [3.63, 3.8) is 0 Å². The molecule has 1 N–H and O–H groups in total. The summed E-state index contributed by atoms with van der Waals surface area (Å²) in [5.74, 6) is -1.03. The molecule has 2 rings (SSSR count). The van der Waals surface area contributed by atoms with Crippen LogP contribution < -0.4 is 0 Å². The number of nitrogens with zero attached hydrogens (tertiary/aromatic N) is 4. The van der Waals surface area contributed by atoms with E-state index in [2.05, 4.69) is 63.3 Å². The first-order valence-electron chi connectivity index (χ1n) is 4.77. The van der Waals surface area contributed by atoms with E-state index in [9.17, 15) is 4.79 Å². The maximum Gasteiger partial charge on any atom is 0.313 e. The molecule has 10 heteroatoms. The second-order valence-electron chi connectivity index (χ2n) is 3.27. The molecule has 1 heterocycles. The maximum atomic E-state index is 10.6. The number of rotatable bonds is 4. The van der Waals surface area contributed by atoms with Gasteiger partial charge in [-0.2, -0.15) is 4.68 Å². The van der Waals surface area contributed by atoms with Crippen LogP contribution in [0.2, 0.25) is 0 Å². The fourth-order valence-electron chi connectivity index (χ4n) is 1.27. The highest BCUT2D eigenvalue weighted by atomic mass is 79.9. The van der Waals surface area contributed by atoms with E-state index in [1.807, 2.05) is 12.1 Å². The van der Waals surface area contributed by atoms with E-state index in [1.165, 1.54) is 4.68 Å². The third-order valence-corrected chi connectivity index (χ3v) is 4.53. The minimum absolute atomic E-state index is 0.105. The minimum atomic E-state index is -0.923. The second-order valence-corrected chi connectivity index (χ2v) is 6.84. The lowest BCUT2D eigenvalue weighted by molar-refractivity contribution is -0.133. The topological polar surface area (TPSA) is 80.9 Å². The molecule has 19 heavy (non-hydrogen) atoms. The molecule has 6 nitrogen and oxygen atoms in total. The molecule has 0 fully saturated rings. The molecule has 0 bridgehead atoms. The van der Waals surface area contributed by atoms with Gasteiger partial charge in [0, 0.05) is 13.4 Å². The van der Waals surface area contributed by atoms with Crippen molar-refractivity contribution in [2.75, 3.05) is 5.75 Å². The highest BCUT2D eigenvalue weighted by Crippen LogP contribution is 2.34. The number of aliphatic carboxylic acids is 1. The molecule has 1 aromatic carbocycles. The first-order chi connectivity index (χ1) is 8.99. The van der Waals surface area contributed by atoms with Crippen LogP contribution >= 0.6 is 59.6 Å². The van der Waals surface area contributed by atoms with Gasteiger partial charge < -0.3 is 5.11 Å². The molecule has 2 aromatic rings. The van der Waals surface area contributed by atoms with Crippen molar-refractivity contribution in [2.45, 2.75) is 5.16 Å². The first kappa shape index (κ1) is 14.9. The zero-order valence-electron chi connectivity index (χ0n) is 9.05. The van der Waals surface area contributed by atoms with Gasteiger partial charge in [0.1, 0.15) is 0 Å². The highest BCUT2D eigenvalue weighted by molar-refractivity contribution is 9.11. The monoisotopic (exact) mass is 470 g/mol. The Labute approximate surface area is 137 Å². The van der Waals surface area contributed by atoms with Crippen LogP contribution in [0, 0.1) is 0 Å². The number of halogens is 3. The molecule has 1 aromatic heterocycles. The van der Waals surface area contributed by atoms with E-state index in [0.717, 1.165) is 25.2 Å². The summed E-state index contributed by atoms with van der Waals surface area (Å²) in [7, 11) is 0. The molecule has 0 spiro atoms. The fraction of sp³-hybridized carbons (Fsp3) is 0.111. The fourth-order valence-corrected chi connectivity index (χ4v) is 4.46. The second kappa shape index (κ2) is 6.33. The van der Waals surface area contributed by atoms with E-state index in [1.54, 1.807) is 0 Å². The molecular formula is C9H5Br3N4O2S. The number of benzene rings is 1. The average Bonchev–Trinajstić information content (AvgIpc) is 2.73. The van der Waals surface area contributed by atoms with Crippen LogP contribution in [-0.2, 0) is 4.79 Å². The zero-order valence-corrected chi connectivity index (χ0v) is 14.6. The Bertz CT molecular complexity index is 611. The molecule has 0 aliphatic heterocycles. The van der Waals surface area contributed by atoms with Gasteiger partial charge in [-0.15, -0.1) is 5.10 Å². The Morgan fingerprint density at radius 2 is 1.95 bits per heavy atom. The van der Waals surface area contributed by atoms with Crippen LogP contribution in [0.15, 0.2) is 30.7 Å². The summed E-state index contributed by atoms with van der Waals surface area (Å²) in [5.41, 5.74) is 0.709. The van der Waals surface area contributed by atoms with Crippen LogP contribution in [-0.4, -0.2) is 37.0 Å². The van der Waals surface area contributed by atoms with Gasteiger partial charge >= 0.3 is 5.97 Å². The Morgan fingerprint density at radius 3 is 2.53 bits per heavy atom.